The molecule has 0 unspecified atom stereocenters. The van der Waals surface area contributed by atoms with Crippen molar-refractivity contribution < 1.29 is 13.7 Å². The van der Waals surface area contributed by atoms with E-state index in [1.807, 2.05) is 43.5 Å². The van der Waals surface area contributed by atoms with Gasteiger partial charge < -0.3 is 9.84 Å². The van der Waals surface area contributed by atoms with Crippen molar-refractivity contribution in [2.45, 2.75) is 26.8 Å². The fourth-order valence-electron chi connectivity index (χ4n) is 3.27. The Morgan fingerprint density at radius 3 is 2.50 bits per heavy atom. The summed E-state index contributed by atoms with van der Waals surface area (Å²) < 4.78 is 20.3. The number of rotatable bonds is 6. The van der Waals surface area contributed by atoms with Crippen LogP contribution in [0, 0.1) is 19.7 Å². The predicted molar refractivity (Wildman–Crippen MR) is 110 cm³/mol. The highest BCUT2D eigenvalue weighted by molar-refractivity contribution is 5.79. The minimum absolute atomic E-state index is 0.137. The van der Waals surface area contributed by atoms with E-state index >= 15 is 0 Å². The lowest BCUT2D eigenvalue weighted by atomic mass is 10.1. The molecule has 0 saturated carbocycles. The Morgan fingerprint density at radius 1 is 1.10 bits per heavy atom. The van der Waals surface area contributed by atoms with E-state index in [1.165, 1.54) is 12.1 Å². The van der Waals surface area contributed by atoms with Gasteiger partial charge in [-0.1, -0.05) is 23.4 Å². The van der Waals surface area contributed by atoms with Crippen molar-refractivity contribution >= 4 is 5.91 Å². The molecule has 2 aromatic heterocycles. The Hall–Kier alpha value is -3.74. The van der Waals surface area contributed by atoms with Crippen LogP contribution in [0.2, 0.25) is 0 Å². The number of nitrogens with zero attached hydrogens (tertiary/aromatic N) is 3. The van der Waals surface area contributed by atoms with E-state index in [1.54, 1.807) is 23.7 Å². The number of nitrogens with one attached hydrogen (secondary N) is 1. The molecule has 0 aliphatic carbocycles. The van der Waals surface area contributed by atoms with Crippen LogP contribution >= 0.6 is 0 Å². The molecule has 0 aliphatic heterocycles. The predicted octanol–water partition coefficient (Wildman–Crippen LogP) is 4.14. The highest BCUT2D eigenvalue weighted by Gasteiger charge is 2.16. The van der Waals surface area contributed by atoms with Gasteiger partial charge >= 0.3 is 0 Å². The van der Waals surface area contributed by atoms with Gasteiger partial charge in [0.05, 0.1) is 23.5 Å². The van der Waals surface area contributed by atoms with Crippen molar-refractivity contribution in [3.8, 4) is 16.9 Å². The Labute approximate surface area is 173 Å². The van der Waals surface area contributed by atoms with Gasteiger partial charge in [-0.25, -0.2) is 9.07 Å². The standard InChI is InChI=1S/C23H21FN4O2/c1-15-21(16(2)30-27-15)12-22(29)25-13-18-14-28(20-6-4-3-5-7-20)26-23(18)17-8-10-19(24)11-9-17/h3-11,14H,12-13H2,1-2H3,(H,25,29). The van der Waals surface area contributed by atoms with Crippen molar-refractivity contribution in [1.82, 2.24) is 20.3 Å². The molecule has 0 radical (unpaired) electrons. The van der Waals surface area contributed by atoms with Crippen LogP contribution in [-0.2, 0) is 17.8 Å². The first-order chi connectivity index (χ1) is 14.5. The molecule has 0 bridgehead atoms. The molecule has 4 aromatic rings. The van der Waals surface area contributed by atoms with Crippen LogP contribution in [0.3, 0.4) is 0 Å². The molecule has 0 atom stereocenters. The van der Waals surface area contributed by atoms with Gasteiger partial charge in [0, 0.05) is 29.4 Å². The number of benzene rings is 2. The molecular weight excluding hydrogens is 383 g/mol. The van der Waals surface area contributed by atoms with E-state index in [0.717, 1.165) is 22.4 Å². The summed E-state index contributed by atoms with van der Waals surface area (Å²) in [5.74, 6) is 0.198. The maximum absolute atomic E-state index is 13.4. The molecule has 1 N–H and O–H groups in total. The van der Waals surface area contributed by atoms with Crippen molar-refractivity contribution in [1.29, 1.82) is 0 Å². The van der Waals surface area contributed by atoms with Gasteiger partial charge in [0.15, 0.2) is 0 Å². The number of para-hydroxylation sites is 1. The molecular formula is C23H21FN4O2. The summed E-state index contributed by atoms with van der Waals surface area (Å²) in [6.45, 7) is 3.90. The third-order valence-electron chi connectivity index (χ3n) is 4.92. The summed E-state index contributed by atoms with van der Waals surface area (Å²) in [6.07, 6.45) is 2.07. The van der Waals surface area contributed by atoms with Crippen molar-refractivity contribution in [3.63, 3.8) is 0 Å². The highest BCUT2D eigenvalue weighted by atomic mass is 19.1. The lowest BCUT2D eigenvalue weighted by molar-refractivity contribution is -0.120. The number of aryl methyl sites for hydroxylation is 2. The Balaban J connectivity index is 1.58. The van der Waals surface area contributed by atoms with Crippen molar-refractivity contribution in [2.75, 3.05) is 0 Å². The second kappa shape index (κ2) is 8.32. The monoisotopic (exact) mass is 404 g/mol. The molecule has 7 heteroatoms. The quantitative estimate of drug-likeness (QED) is 0.524. The van der Waals surface area contributed by atoms with E-state index in [0.29, 0.717) is 23.7 Å². The summed E-state index contributed by atoms with van der Waals surface area (Å²) in [5.41, 5.74) is 4.71. The molecule has 1 amide bonds. The average Bonchev–Trinajstić information content (AvgIpc) is 3.32. The van der Waals surface area contributed by atoms with E-state index in [4.69, 9.17) is 4.52 Å². The fourth-order valence-corrected chi connectivity index (χ4v) is 3.27. The summed E-state index contributed by atoms with van der Waals surface area (Å²) in [6, 6.07) is 15.9. The minimum atomic E-state index is -0.310. The van der Waals surface area contributed by atoms with Gasteiger partial charge in [0.25, 0.3) is 0 Å². The second-order valence-electron chi connectivity index (χ2n) is 7.05. The SMILES string of the molecule is Cc1noc(C)c1CC(=O)NCc1cn(-c2ccccc2)nc1-c1ccc(F)cc1. The number of hydrogen-bond acceptors (Lipinski definition) is 4. The minimum Gasteiger partial charge on any atom is -0.361 e. The second-order valence-corrected chi connectivity index (χ2v) is 7.05. The molecule has 30 heavy (non-hydrogen) atoms. The first-order valence-corrected chi connectivity index (χ1v) is 9.59. The number of carbonyl (C=O) groups excluding carboxylic acids is 1. The van der Waals surface area contributed by atoms with E-state index in [-0.39, 0.29) is 18.1 Å². The molecule has 0 aliphatic rings. The summed E-state index contributed by atoms with van der Waals surface area (Å²) >= 11 is 0. The van der Waals surface area contributed by atoms with Crippen molar-refractivity contribution in [2.24, 2.45) is 0 Å². The molecule has 0 fully saturated rings. The number of aromatic nitrogens is 3. The highest BCUT2D eigenvalue weighted by Crippen LogP contribution is 2.24. The zero-order valence-corrected chi connectivity index (χ0v) is 16.7. The van der Waals surface area contributed by atoms with Crippen LogP contribution in [0.25, 0.3) is 16.9 Å². The zero-order chi connectivity index (χ0) is 21.1. The number of hydrogen-bond donors (Lipinski definition) is 1. The van der Waals surface area contributed by atoms with Crippen LogP contribution < -0.4 is 5.32 Å². The topological polar surface area (TPSA) is 73.0 Å². The fraction of sp³-hybridized carbons (Fsp3) is 0.174. The maximum Gasteiger partial charge on any atom is 0.224 e. The van der Waals surface area contributed by atoms with Crippen LogP contribution in [0.5, 0.6) is 0 Å². The van der Waals surface area contributed by atoms with E-state index < -0.39 is 0 Å². The molecule has 6 nitrogen and oxygen atoms in total. The Morgan fingerprint density at radius 2 is 1.83 bits per heavy atom. The van der Waals surface area contributed by atoms with Crippen LogP contribution in [0.15, 0.2) is 65.3 Å². The van der Waals surface area contributed by atoms with Crippen LogP contribution in [0.4, 0.5) is 4.39 Å². The largest absolute Gasteiger partial charge is 0.361 e. The maximum atomic E-state index is 13.4. The van der Waals surface area contributed by atoms with Crippen molar-refractivity contribution in [3.05, 3.63) is 89.2 Å². The average molecular weight is 404 g/mol. The molecule has 2 aromatic carbocycles. The van der Waals surface area contributed by atoms with Gasteiger partial charge in [-0.05, 0) is 50.2 Å². The third-order valence-corrected chi connectivity index (χ3v) is 4.92. The van der Waals surface area contributed by atoms with Crippen LogP contribution in [0.1, 0.15) is 22.6 Å². The first kappa shape index (κ1) is 19.6. The molecule has 2 heterocycles. The zero-order valence-electron chi connectivity index (χ0n) is 16.7. The van der Waals surface area contributed by atoms with Gasteiger partial charge in [0.2, 0.25) is 5.91 Å². The molecule has 152 valence electrons. The van der Waals surface area contributed by atoms with E-state index in [2.05, 4.69) is 15.6 Å². The van der Waals surface area contributed by atoms with E-state index in [9.17, 15) is 9.18 Å². The summed E-state index contributed by atoms with van der Waals surface area (Å²) in [5, 5.41) is 11.5. The van der Waals surface area contributed by atoms with Gasteiger partial charge in [-0.15, -0.1) is 0 Å². The number of amides is 1. The molecule has 4 rings (SSSR count). The van der Waals surface area contributed by atoms with Gasteiger partial charge in [-0.3, -0.25) is 4.79 Å². The number of halogens is 1. The third kappa shape index (κ3) is 4.15. The van der Waals surface area contributed by atoms with Gasteiger partial charge in [0.1, 0.15) is 11.6 Å². The molecule has 0 spiro atoms. The lowest BCUT2D eigenvalue weighted by Crippen LogP contribution is -2.25. The summed E-state index contributed by atoms with van der Waals surface area (Å²) in [7, 11) is 0. The Bertz CT molecular complexity index is 1140. The van der Waals surface area contributed by atoms with Gasteiger partial charge in [-0.2, -0.15) is 5.10 Å². The first-order valence-electron chi connectivity index (χ1n) is 9.59. The molecule has 0 saturated heterocycles. The Kier molecular flexibility index (Phi) is 5.43. The normalized spacial score (nSPS) is 10.9. The summed E-state index contributed by atoms with van der Waals surface area (Å²) in [4.78, 5) is 12.5. The lowest BCUT2D eigenvalue weighted by Gasteiger charge is -2.06. The number of carbonyl (C=O) groups is 1. The smallest absolute Gasteiger partial charge is 0.224 e. The van der Waals surface area contributed by atoms with Crippen LogP contribution in [-0.4, -0.2) is 20.8 Å².